The SMILES string of the molecule is CCCNCc1ccn(-c2ccc(Cl)c3cccnc23)n1. The molecule has 108 valence electrons. The lowest BCUT2D eigenvalue weighted by Gasteiger charge is -2.07. The van der Waals surface area contributed by atoms with Crippen LogP contribution in [0.1, 0.15) is 19.0 Å². The van der Waals surface area contributed by atoms with Crippen molar-refractivity contribution in [1.82, 2.24) is 20.1 Å². The van der Waals surface area contributed by atoms with E-state index in [1.807, 2.05) is 41.2 Å². The fraction of sp³-hybridized carbons (Fsp3) is 0.250. The van der Waals surface area contributed by atoms with E-state index in [2.05, 4.69) is 22.3 Å². The largest absolute Gasteiger partial charge is 0.311 e. The average molecular weight is 301 g/mol. The Morgan fingerprint density at radius 3 is 3.00 bits per heavy atom. The molecule has 1 aromatic carbocycles. The Hall–Kier alpha value is -1.91. The van der Waals surface area contributed by atoms with Crippen molar-refractivity contribution < 1.29 is 0 Å². The first-order chi connectivity index (χ1) is 10.3. The van der Waals surface area contributed by atoms with E-state index < -0.39 is 0 Å². The van der Waals surface area contributed by atoms with Crippen LogP contribution in [0.15, 0.2) is 42.7 Å². The Kier molecular flexibility index (Phi) is 4.18. The molecule has 21 heavy (non-hydrogen) atoms. The third-order valence-corrected chi connectivity index (χ3v) is 3.65. The molecule has 0 unspecified atom stereocenters. The Morgan fingerprint density at radius 1 is 1.24 bits per heavy atom. The molecule has 0 fully saturated rings. The van der Waals surface area contributed by atoms with Crippen LogP contribution in [0.4, 0.5) is 0 Å². The lowest BCUT2D eigenvalue weighted by Crippen LogP contribution is -2.14. The van der Waals surface area contributed by atoms with Crippen molar-refractivity contribution in [3.8, 4) is 5.69 Å². The van der Waals surface area contributed by atoms with E-state index in [1.165, 1.54) is 0 Å². The molecular weight excluding hydrogens is 284 g/mol. The van der Waals surface area contributed by atoms with Crippen LogP contribution in [-0.2, 0) is 6.54 Å². The van der Waals surface area contributed by atoms with Gasteiger partial charge in [-0.2, -0.15) is 5.10 Å². The summed E-state index contributed by atoms with van der Waals surface area (Å²) in [6.45, 7) is 3.93. The molecular formula is C16H17ClN4. The summed E-state index contributed by atoms with van der Waals surface area (Å²) in [5.41, 5.74) is 2.82. The first-order valence-corrected chi connectivity index (χ1v) is 7.46. The van der Waals surface area contributed by atoms with E-state index in [0.29, 0.717) is 5.02 Å². The minimum Gasteiger partial charge on any atom is -0.311 e. The van der Waals surface area contributed by atoms with Crippen molar-refractivity contribution >= 4 is 22.5 Å². The molecule has 3 aromatic rings. The summed E-state index contributed by atoms with van der Waals surface area (Å²) in [5, 5.41) is 9.60. The number of pyridine rings is 1. The van der Waals surface area contributed by atoms with Gasteiger partial charge in [0, 0.05) is 24.3 Å². The summed E-state index contributed by atoms with van der Waals surface area (Å²) in [6.07, 6.45) is 4.85. The molecule has 2 aromatic heterocycles. The third-order valence-electron chi connectivity index (χ3n) is 3.32. The molecule has 0 saturated heterocycles. The first-order valence-electron chi connectivity index (χ1n) is 7.08. The molecule has 5 heteroatoms. The molecule has 0 spiro atoms. The van der Waals surface area contributed by atoms with Crippen molar-refractivity contribution in [3.05, 3.63) is 53.4 Å². The van der Waals surface area contributed by atoms with Crippen molar-refractivity contribution in [2.75, 3.05) is 6.54 Å². The number of fused-ring (bicyclic) bond motifs is 1. The van der Waals surface area contributed by atoms with Crippen molar-refractivity contribution in [2.24, 2.45) is 0 Å². The molecule has 0 radical (unpaired) electrons. The highest BCUT2D eigenvalue weighted by molar-refractivity contribution is 6.35. The third kappa shape index (κ3) is 2.91. The molecule has 0 aliphatic heterocycles. The zero-order valence-electron chi connectivity index (χ0n) is 11.9. The van der Waals surface area contributed by atoms with Crippen molar-refractivity contribution in [2.45, 2.75) is 19.9 Å². The molecule has 0 aliphatic carbocycles. The van der Waals surface area contributed by atoms with Crippen LogP contribution < -0.4 is 5.32 Å². The predicted octanol–water partition coefficient (Wildman–Crippen LogP) is 3.57. The second-order valence-corrected chi connectivity index (χ2v) is 5.30. The van der Waals surface area contributed by atoms with E-state index in [-0.39, 0.29) is 0 Å². The molecule has 4 nitrogen and oxygen atoms in total. The number of hydrogen-bond donors (Lipinski definition) is 1. The summed E-state index contributed by atoms with van der Waals surface area (Å²) in [7, 11) is 0. The first kappa shape index (κ1) is 14.0. The summed E-state index contributed by atoms with van der Waals surface area (Å²) < 4.78 is 1.86. The number of aromatic nitrogens is 3. The van der Waals surface area contributed by atoms with E-state index >= 15 is 0 Å². The lowest BCUT2D eigenvalue weighted by molar-refractivity contribution is 0.657. The lowest BCUT2D eigenvalue weighted by atomic mass is 10.2. The smallest absolute Gasteiger partial charge is 0.0973 e. The van der Waals surface area contributed by atoms with Gasteiger partial charge >= 0.3 is 0 Å². The Bertz CT molecular complexity index is 751. The molecule has 0 atom stereocenters. The van der Waals surface area contributed by atoms with Gasteiger partial charge in [-0.05, 0) is 43.3 Å². The maximum Gasteiger partial charge on any atom is 0.0973 e. The van der Waals surface area contributed by atoms with Gasteiger partial charge in [0.1, 0.15) is 0 Å². The highest BCUT2D eigenvalue weighted by Gasteiger charge is 2.08. The zero-order chi connectivity index (χ0) is 14.7. The van der Waals surface area contributed by atoms with E-state index in [9.17, 15) is 0 Å². The maximum absolute atomic E-state index is 6.23. The molecule has 1 N–H and O–H groups in total. The molecule has 0 amide bonds. The van der Waals surface area contributed by atoms with Crippen LogP contribution in [-0.4, -0.2) is 21.3 Å². The van der Waals surface area contributed by atoms with Crippen molar-refractivity contribution in [3.63, 3.8) is 0 Å². The number of hydrogen-bond acceptors (Lipinski definition) is 3. The van der Waals surface area contributed by atoms with Gasteiger partial charge in [-0.1, -0.05) is 18.5 Å². The molecule has 0 aliphatic rings. The Labute approximate surface area is 128 Å². The maximum atomic E-state index is 6.23. The topological polar surface area (TPSA) is 42.7 Å². The van der Waals surface area contributed by atoms with Gasteiger partial charge in [-0.25, -0.2) is 4.68 Å². The van der Waals surface area contributed by atoms with Crippen LogP contribution in [0, 0.1) is 0 Å². The van der Waals surface area contributed by atoms with Crippen LogP contribution in [0.3, 0.4) is 0 Å². The number of nitrogens with zero attached hydrogens (tertiary/aromatic N) is 3. The minimum atomic E-state index is 0.707. The highest BCUT2D eigenvalue weighted by Crippen LogP contribution is 2.26. The van der Waals surface area contributed by atoms with E-state index in [1.54, 1.807) is 6.20 Å². The molecule has 3 rings (SSSR count). The van der Waals surface area contributed by atoms with Crippen LogP contribution >= 0.6 is 11.6 Å². The number of rotatable bonds is 5. The quantitative estimate of drug-likeness (QED) is 0.733. The summed E-state index contributed by atoms with van der Waals surface area (Å²) in [6, 6.07) is 9.72. The van der Waals surface area contributed by atoms with Crippen LogP contribution in [0.2, 0.25) is 5.02 Å². The Morgan fingerprint density at radius 2 is 2.14 bits per heavy atom. The minimum absolute atomic E-state index is 0.707. The van der Waals surface area contributed by atoms with Gasteiger partial charge < -0.3 is 5.32 Å². The summed E-state index contributed by atoms with van der Waals surface area (Å²) >= 11 is 6.23. The molecule has 0 saturated carbocycles. The van der Waals surface area contributed by atoms with Crippen LogP contribution in [0.25, 0.3) is 16.6 Å². The van der Waals surface area contributed by atoms with Gasteiger partial charge in [0.25, 0.3) is 0 Å². The number of halogens is 1. The van der Waals surface area contributed by atoms with Gasteiger partial charge in [0.2, 0.25) is 0 Å². The van der Waals surface area contributed by atoms with Gasteiger partial charge in [-0.15, -0.1) is 0 Å². The summed E-state index contributed by atoms with van der Waals surface area (Å²) in [4.78, 5) is 4.44. The van der Waals surface area contributed by atoms with E-state index in [4.69, 9.17) is 11.6 Å². The average Bonchev–Trinajstić information content (AvgIpc) is 2.97. The second-order valence-electron chi connectivity index (χ2n) is 4.89. The monoisotopic (exact) mass is 300 g/mol. The van der Waals surface area contributed by atoms with Gasteiger partial charge in [0.05, 0.1) is 21.9 Å². The zero-order valence-corrected chi connectivity index (χ0v) is 12.6. The standard InChI is InChI=1S/C16H17ClN4/c1-2-8-18-11-12-7-10-21(20-12)15-6-5-14(17)13-4-3-9-19-16(13)15/h3-7,9-10,18H,2,8,11H2,1H3. The van der Waals surface area contributed by atoms with Gasteiger partial charge in [-0.3, -0.25) is 4.98 Å². The predicted molar refractivity (Wildman–Crippen MR) is 85.9 cm³/mol. The normalized spacial score (nSPS) is 11.1. The van der Waals surface area contributed by atoms with E-state index in [0.717, 1.165) is 41.8 Å². The highest BCUT2D eigenvalue weighted by atomic mass is 35.5. The van der Waals surface area contributed by atoms with Crippen molar-refractivity contribution in [1.29, 1.82) is 0 Å². The Balaban J connectivity index is 1.96. The molecule has 2 heterocycles. The van der Waals surface area contributed by atoms with Crippen LogP contribution in [0.5, 0.6) is 0 Å². The summed E-state index contributed by atoms with van der Waals surface area (Å²) in [5.74, 6) is 0. The fourth-order valence-corrected chi connectivity index (χ4v) is 2.51. The second kappa shape index (κ2) is 6.24. The fourth-order valence-electron chi connectivity index (χ4n) is 2.29. The number of benzene rings is 1. The van der Waals surface area contributed by atoms with Gasteiger partial charge in [0.15, 0.2) is 0 Å². The molecule has 0 bridgehead atoms. The number of nitrogens with one attached hydrogen (secondary N) is 1.